The Kier molecular flexibility index (Phi) is 4.99. The molecule has 0 radical (unpaired) electrons. The third-order valence-corrected chi connectivity index (χ3v) is 4.47. The highest BCUT2D eigenvalue weighted by Gasteiger charge is 2.22. The fraction of sp³-hybridized carbons (Fsp3) is 0.368. The molecule has 1 aromatic heterocycles. The number of para-hydroxylation sites is 1. The largest absolute Gasteiger partial charge is 0.481 e. The van der Waals surface area contributed by atoms with E-state index >= 15 is 0 Å². The Bertz CT molecular complexity index is 700. The molecule has 1 atom stereocenters. The summed E-state index contributed by atoms with van der Waals surface area (Å²) < 4.78 is 5.02. The average molecular weight is 325 g/mol. The number of methoxy groups -OCH3 is 1. The van der Waals surface area contributed by atoms with Gasteiger partial charge in [0.2, 0.25) is 11.8 Å². The number of rotatable bonds is 5. The molecule has 5 heteroatoms. The maximum Gasteiger partial charge on any atom is 0.226 e. The molecule has 0 fully saturated rings. The van der Waals surface area contributed by atoms with Gasteiger partial charge in [-0.3, -0.25) is 4.79 Å². The van der Waals surface area contributed by atoms with Crippen LogP contribution in [0.1, 0.15) is 25.3 Å². The first-order chi connectivity index (χ1) is 11.7. The van der Waals surface area contributed by atoms with Gasteiger partial charge in [-0.2, -0.15) is 0 Å². The number of carbonyl (C=O) groups is 1. The molecule has 0 spiro atoms. The smallest absolute Gasteiger partial charge is 0.226 e. The standard InChI is InChI=1S/C19H23N3O2/c1-14-7-8-15-5-3-4-6-17(15)22(14)12-11-18(23)21-16-9-10-19(24-2)20-13-16/h3-6,9-10,13-14H,7-8,11-12H2,1-2H3,(H,21,23)/t14-/m0/s1. The second-order valence-corrected chi connectivity index (χ2v) is 6.10. The molecule has 24 heavy (non-hydrogen) atoms. The maximum atomic E-state index is 12.2. The molecule has 5 nitrogen and oxygen atoms in total. The van der Waals surface area contributed by atoms with Crippen molar-refractivity contribution in [2.75, 3.05) is 23.9 Å². The van der Waals surface area contributed by atoms with Crippen LogP contribution in [-0.4, -0.2) is 30.6 Å². The Morgan fingerprint density at radius 2 is 2.17 bits per heavy atom. The van der Waals surface area contributed by atoms with Crippen molar-refractivity contribution in [1.82, 2.24) is 4.98 Å². The van der Waals surface area contributed by atoms with Gasteiger partial charge in [-0.1, -0.05) is 18.2 Å². The van der Waals surface area contributed by atoms with Crippen LogP contribution in [0.5, 0.6) is 5.88 Å². The second kappa shape index (κ2) is 7.34. The van der Waals surface area contributed by atoms with E-state index in [4.69, 9.17) is 4.74 Å². The van der Waals surface area contributed by atoms with Gasteiger partial charge in [0, 0.05) is 30.8 Å². The number of fused-ring (bicyclic) bond motifs is 1. The Morgan fingerprint density at radius 3 is 2.92 bits per heavy atom. The van der Waals surface area contributed by atoms with Crippen LogP contribution in [0.3, 0.4) is 0 Å². The first-order valence-electron chi connectivity index (χ1n) is 8.32. The third kappa shape index (κ3) is 3.67. The molecule has 0 saturated carbocycles. The number of hydrogen-bond acceptors (Lipinski definition) is 4. The third-order valence-electron chi connectivity index (χ3n) is 4.47. The fourth-order valence-corrected chi connectivity index (χ4v) is 3.12. The number of aromatic nitrogens is 1. The van der Waals surface area contributed by atoms with Crippen LogP contribution in [0.25, 0.3) is 0 Å². The number of nitrogens with zero attached hydrogens (tertiary/aromatic N) is 2. The molecule has 1 amide bonds. The lowest BCUT2D eigenvalue weighted by molar-refractivity contribution is -0.116. The molecule has 1 N–H and O–H groups in total. The first kappa shape index (κ1) is 16.3. The molecule has 1 aromatic carbocycles. The maximum absolute atomic E-state index is 12.2. The predicted molar refractivity (Wildman–Crippen MR) is 95.6 cm³/mol. The van der Waals surface area contributed by atoms with Gasteiger partial charge in [0.15, 0.2) is 0 Å². The van der Waals surface area contributed by atoms with Crippen LogP contribution in [0, 0.1) is 0 Å². The van der Waals surface area contributed by atoms with Crippen molar-refractivity contribution in [2.24, 2.45) is 0 Å². The molecule has 2 aromatic rings. The number of pyridine rings is 1. The summed E-state index contributed by atoms with van der Waals surface area (Å²) in [7, 11) is 1.57. The van der Waals surface area contributed by atoms with Gasteiger partial charge in [-0.15, -0.1) is 0 Å². The lowest BCUT2D eigenvalue weighted by atomic mass is 9.96. The molecule has 1 aliphatic heterocycles. The van der Waals surface area contributed by atoms with Gasteiger partial charge < -0.3 is 15.0 Å². The van der Waals surface area contributed by atoms with Crippen molar-refractivity contribution >= 4 is 17.3 Å². The zero-order chi connectivity index (χ0) is 16.9. The zero-order valence-electron chi connectivity index (χ0n) is 14.2. The summed E-state index contributed by atoms with van der Waals surface area (Å²) in [5, 5.41) is 2.89. The van der Waals surface area contributed by atoms with Crippen LogP contribution < -0.4 is 15.0 Å². The average Bonchev–Trinajstić information content (AvgIpc) is 2.61. The van der Waals surface area contributed by atoms with Crippen LogP contribution in [-0.2, 0) is 11.2 Å². The van der Waals surface area contributed by atoms with E-state index in [1.54, 1.807) is 25.4 Å². The fourth-order valence-electron chi connectivity index (χ4n) is 3.12. The number of anilines is 2. The molecule has 0 saturated heterocycles. The van der Waals surface area contributed by atoms with E-state index < -0.39 is 0 Å². The second-order valence-electron chi connectivity index (χ2n) is 6.10. The van der Waals surface area contributed by atoms with E-state index in [9.17, 15) is 4.79 Å². The van der Waals surface area contributed by atoms with E-state index in [0.29, 0.717) is 30.6 Å². The molecule has 126 valence electrons. The van der Waals surface area contributed by atoms with Crippen molar-refractivity contribution < 1.29 is 9.53 Å². The van der Waals surface area contributed by atoms with E-state index in [1.807, 2.05) is 0 Å². The van der Waals surface area contributed by atoms with Crippen LogP contribution in [0.2, 0.25) is 0 Å². The summed E-state index contributed by atoms with van der Waals surface area (Å²) in [6.45, 7) is 2.94. The van der Waals surface area contributed by atoms with Crippen molar-refractivity contribution in [3.8, 4) is 5.88 Å². The summed E-state index contributed by atoms with van der Waals surface area (Å²) in [5.74, 6) is 0.531. The summed E-state index contributed by atoms with van der Waals surface area (Å²) in [5.41, 5.74) is 3.32. The topological polar surface area (TPSA) is 54.5 Å². The van der Waals surface area contributed by atoms with Crippen molar-refractivity contribution in [2.45, 2.75) is 32.2 Å². The first-order valence-corrected chi connectivity index (χ1v) is 8.32. The molecular weight excluding hydrogens is 302 g/mol. The number of ether oxygens (including phenoxy) is 1. The highest BCUT2D eigenvalue weighted by molar-refractivity contribution is 5.90. The van der Waals surface area contributed by atoms with E-state index in [1.165, 1.54) is 11.3 Å². The lowest BCUT2D eigenvalue weighted by Gasteiger charge is -2.37. The zero-order valence-corrected chi connectivity index (χ0v) is 14.2. The highest BCUT2D eigenvalue weighted by atomic mass is 16.5. The van der Waals surface area contributed by atoms with Crippen molar-refractivity contribution in [3.05, 3.63) is 48.2 Å². The molecular formula is C19H23N3O2. The number of hydrogen-bond donors (Lipinski definition) is 1. The van der Waals surface area contributed by atoms with E-state index in [-0.39, 0.29) is 5.91 Å². The monoisotopic (exact) mass is 325 g/mol. The van der Waals surface area contributed by atoms with Crippen LogP contribution in [0.4, 0.5) is 11.4 Å². The minimum atomic E-state index is -0.00257. The van der Waals surface area contributed by atoms with Crippen molar-refractivity contribution in [3.63, 3.8) is 0 Å². The van der Waals surface area contributed by atoms with Gasteiger partial charge in [0.05, 0.1) is 19.0 Å². The van der Waals surface area contributed by atoms with Gasteiger partial charge in [-0.05, 0) is 37.5 Å². The molecule has 0 unspecified atom stereocenters. The SMILES string of the molecule is COc1ccc(NC(=O)CCN2c3ccccc3CC[C@@H]2C)cn1. The summed E-state index contributed by atoms with van der Waals surface area (Å²) in [6, 6.07) is 12.5. The van der Waals surface area contributed by atoms with Crippen molar-refractivity contribution in [1.29, 1.82) is 0 Å². The van der Waals surface area contributed by atoms with Crippen LogP contribution >= 0.6 is 0 Å². The van der Waals surface area contributed by atoms with E-state index in [2.05, 4.69) is 46.4 Å². The van der Waals surface area contributed by atoms with Gasteiger partial charge in [-0.25, -0.2) is 4.98 Å². The minimum Gasteiger partial charge on any atom is -0.481 e. The summed E-state index contributed by atoms with van der Waals surface area (Å²) >= 11 is 0. The van der Waals surface area contributed by atoms with Gasteiger partial charge in [0.1, 0.15) is 0 Å². The summed E-state index contributed by atoms with van der Waals surface area (Å²) in [4.78, 5) is 18.7. The number of carbonyl (C=O) groups excluding carboxylic acids is 1. The Hall–Kier alpha value is -2.56. The summed E-state index contributed by atoms with van der Waals surface area (Å²) in [6.07, 6.45) is 4.29. The number of amides is 1. The number of benzene rings is 1. The van der Waals surface area contributed by atoms with Crippen LogP contribution in [0.15, 0.2) is 42.6 Å². The Balaban J connectivity index is 1.59. The van der Waals surface area contributed by atoms with E-state index in [0.717, 1.165) is 12.8 Å². The van der Waals surface area contributed by atoms with Gasteiger partial charge >= 0.3 is 0 Å². The highest BCUT2D eigenvalue weighted by Crippen LogP contribution is 2.30. The normalized spacial score (nSPS) is 16.4. The molecule has 1 aliphatic rings. The van der Waals surface area contributed by atoms with Gasteiger partial charge in [0.25, 0.3) is 0 Å². The lowest BCUT2D eigenvalue weighted by Crippen LogP contribution is -2.39. The number of nitrogens with one attached hydrogen (secondary N) is 1. The molecule has 2 heterocycles. The molecule has 3 rings (SSSR count). The predicted octanol–water partition coefficient (Wildman–Crippen LogP) is 3.26. The molecule has 0 bridgehead atoms. The Labute approximate surface area is 142 Å². The quantitative estimate of drug-likeness (QED) is 0.917. The Morgan fingerprint density at radius 1 is 1.33 bits per heavy atom. The number of aryl methyl sites for hydroxylation is 1. The minimum absolute atomic E-state index is 0.00257. The molecule has 0 aliphatic carbocycles.